The van der Waals surface area contributed by atoms with Crippen LogP contribution in [0.15, 0.2) is 57.5 Å². The van der Waals surface area contributed by atoms with Gasteiger partial charge in [0.25, 0.3) is 5.91 Å². The van der Waals surface area contributed by atoms with E-state index in [9.17, 15) is 9.59 Å². The van der Waals surface area contributed by atoms with E-state index in [1.807, 2.05) is 30.3 Å². The summed E-state index contributed by atoms with van der Waals surface area (Å²) in [6.07, 6.45) is 0.330. The SMILES string of the molecule is NC(=O)[C@@H](Cc1ccccc1Br)NC(=O)c1cccc(Br)c1. The van der Waals surface area contributed by atoms with Crippen molar-refractivity contribution in [3.8, 4) is 0 Å². The molecule has 6 heteroatoms. The minimum absolute atomic E-state index is 0.330. The van der Waals surface area contributed by atoms with Gasteiger partial charge in [-0.1, -0.05) is 56.1 Å². The number of carbonyl (C=O) groups is 2. The van der Waals surface area contributed by atoms with Crippen LogP contribution in [-0.4, -0.2) is 17.9 Å². The minimum atomic E-state index is -0.773. The highest BCUT2D eigenvalue weighted by molar-refractivity contribution is 9.10. The summed E-state index contributed by atoms with van der Waals surface area (Å²) in [6.45, 7) is 0. The van der Waals surface area contributed by atoms with Crippen LogP contribution < -0.4 is 11.1 Å². The molecule has 0 aliphatic rings. The van der Waals surface area contributed by atoms with Gasteiger partial charge in [0.15, 0.2) is 0 Å². The van der Waals surface area contributed by atoms with Gasteiger partial charge in [-0.15, -0.1) is 0 Å². The second-order valence-electron chi connectivity index (χ2n) is 4.73. The van der Waals surface area contributed by atoms with Crippen LogP contribution in [0.3, 0.4) is 0 Å². The molecule has 0 aromatic heterocycles. The van der Waals surface area contributed by atoms with Crippen LogP contribution in [0.5, 0.6) is 0 Å². The van der Waals surface area contributed by atoms with Crippen LogP contribution in [0.25, 0.3) is 0 Å². The van der Waals surface area contributed by atoms with Crippen LogP contribution in [-0.2, 0) is 11.2 Å². The molecule has 2 aromatic carbocycles. The van der Waals surface area contributed by atoms with E-state index in [1.54, 1.807) is 18.2 Å². The molecule has 0 fully saturated rings. The van der Waals surface area contributed by atoms with Crippen molar-refractivity contribution in [3.05, 3.63) is 68.6 Å². The highest BCUT2D eigenvalue weighted by atomic mass is 79.9. The number of rotatable bonds is 5. The normalized spacial score (nSPS) is 11.7. The molecule has 2 rings (SSSR count). The Labute approximate surface area is 145 Å². The smallest absolute Gasteiger partial charge is 0.251 e. The Bertz CT molecular complexity index is 704. The lowest BCUT2D eigenvalue weighted by molar-refractivity contribution is -0.119. The summed E-state index contributed by atoms with van der Waals surface area (Å²) in [5.74, 6) is -0.906. The fourth-order valence-electron chi connectivity index (χ4n) is 1.98. The van der Waals surface area contributed by atoms with Gasteiger partial charge in [0.2, 0.25) is 5.91 Å². The number of nitrogens with one attached hydrogen (secondary N) is 1. The highest BCUT2D eigenvalue weighted by Gasteiger charge is 2.20. The number of amides is 2. The zero-order valence-corrected chi connectivity index (χ0v) is 14.7. The number of halogens is 2. The standard InChI is InChI=1S/C16H14Br2N2O2/c17-12-6-3-5-11(8-12)16(22)20-14(15(19)21)9-10-4-1-2-7-13(10)18/h1-8,14H,9H2,(H2,19,21)(H,20,22)/t14-/m1/s1. The topological polar surface area (TPSA) is 72.2 Å². The van der Waals surface area contributed by atoms with E-state index in [2.05, 4.69) is 37.2 Å². The lowest BCUT2D eigenvalue weighted by atomic mass is 10.0. The Morgan fingerprint density at radius 1 is 1.09 bits per heavy atom. The van der Waals surface area contributed by atoms with Crippen molar-refractivity contribution in [1.82, 2.24) is 5.32 Å². The molecule has 0 aliphatic carbocycles. The maximum atomic E-state index is 12.2. The number of carbonyl (C=O) groups excluding carboxylic acids is 2. The average Bonchev–Trinajstić information content (AvgIpc) is 2.48. The van der Waals surface area contributed by atoms with E-state index >= 15 is 0 Å². The molecule has 3 N–H and O–H groups in total. The third-order valence-corrected chi connectivity index (χ3v) is 4.38. The van der Waals surface area contributed by atoms with Crippen molar-refractivity contribution in [2.24, 2.45) is 5.73 Å². The molecular weight excluding hydrogens is 412 g/mol. The van der Waals surface area contributed by atoms with Gasteiger partial charge in [0.1, 0.15) is 6.04 Å². The summed E-state index contributed by atoms with van der Waals surface area (Å²) >= 11 is 6.73. The molecule has 1 atom stereocenters. The third-order valence-electron chi connectivity index (χ3n) is 3.12. The number of hydrogen-bond acceptors (Lipinski definition) is 2. The number of benzene rings is 2. The highest BCUT2D eigenvalue weighted by Crippen LogP contribution is 2.18. The van der Waals surface area contributed by atoms with Gasteiger partial charge in [-0.3, -0.25) is 9.59 Å². The Kier molecular flexibility index (Phi) is 5.74. The molecule has 0 saturated carbocycles. The van der Waals surface area contributed by atoms with Crippen LogP contribution in [0, 0.1) is 0 Å². The van der Waals surface area contributed by atoms with Gasteiger partial charge in [-0.2, -0.15) is 0 Å². The first-order valence-electron chi connectivity index (χ1n) is 6.56. The maximum absolute atomic E-state index is 12.2. The summed E-state index contributed by atoms with van der Waals surface area (Å²) in [6, 6.07) is 13.7. The van der Waals surface area contributed by atoms with Crippen molar-refractivity contribution in [1.29, 1.82) is 0 Å². The van der Waals surface area contributed by atoms with Crippen molar-refractivity contribution >= 4 is 43.7 Å². The lowest BCUT2D eigenvalue weighted by Gasteiger charge is -2.16. The molecule has 4 nitrogen and oxygen atoms in total. The molecule has 0 spiro atoms. The lowest BCUT2D eigenvalue weighted by Crippen LogP contribution is -2.45. The minimum Gasteiger partial charge on any atom is -0.368 e. The second kappa shape index (κ2) is 7.56. The van der Waals surface area contributed by atoms with E-state index in [4.69, 9.17) is 5.73 Å². The van der Waals surface area contributed by atoms with Gasteiger partial charge in [0.05, 0.1) is 0 Å². The van der Waals surface area contributed by atoms with E-state index in [-0.39, 0.29) is 5.91 Å². The number of primary amides is 1. The quantitative estimate of drug-likeness (QED) is 0.772. The van der Waals surface area contributed by atoms with Gasteiger partial charge in [-0.25, -0.2) is 0 Å². The monoisotopic (exact) mass is 424 g/mol. The number of hydrogen-bond donors (Lipinski definition) is 2. The first-order chi connectivity index (χ1) is 10.5. The molecule has 2 aromatic rings. The molecular formula is C16H14Br2N2O2. The molecule has 0 aliphatic heterocycles. The van der Waals surface area contributed by atoms with Gasteiger partial charge >= 0.3 is 0 Å². The van der Waals surface area contributed by atoms with Gasteiger partial charge in [-0.05, 0) is 29.8 Å². The van der Waals surface area contributed by atoms with E-state index in [1.165, 1.54) is 0 Å². The summed E-state index contributed by atoms with van der Waals surface area (Å²) in [4.78, 5) is 23.9. The van der Waals surface area contributed by atoms with E-state index in [0.29, 0.717) is 12.0 Å². The average molecular weight is 426 g/mol. The Balaban J connectivity index is 2.14. The van der Waals surface area contributed by atoms with Crippen molar-refractivity contribution in [3.63, 3.8) is 0 Å². The molecule has 0 unspecified atom stereocenters. The fourth-order valence-corrected chi connectivity index (χ4v) is 2.82. The molecule has 22 heavy (non-hydrogen) atoms. The molecule has 0 heterocycles. The Morgan fingerprint density at radius 3 is 2.45 bits per heavy atom. The van der Waals surface area contributed by atoms with Crippen LogP contribution in [0.4, 0.5) is 0 Å². The molecule has 0 bridgehead atoms. The maximum Gasteiger partial charge on any atom is 0.251 e. The first-order valence-corrected chi connectivity index (χ1v) is 8.15. The first kappa shape index (κ1) is 16.7. The molecule has 2 amide bonds. The predicted molar refractivity (Wildman–Crippen MR) is 92.4 cm³/mol. The molecule has 114 valence electrons. The molecule has 0 radical (unpaired) electrons. The van der Waals surface area contributed by atoms with E-state index < -0.39 is 11.9 Å². The number of nitrogens with two attached hydrogens (primary N) is 1. The fraction of sp³-hybridized carbons (Fsp3) is 0.125. The second-order valence-corrected chi connectivity index (χ2v) is 6.50. The predicted octanol–water partition coefficient (Wildman–Crippen LogP) is 3.04. The summed E-state index contributed by atoms with van der Waals surface area (Å²) in [5.41, 5.74) is 6.78. The van der Waals surface area contributed by atoms with Crippen LogP contribution in [0.2, 0.25) is 0 Å². The van der Waals surface area contributed by atoms with Crippen molar-refractivity contribution in [2.45, 2.75) is 12.5 Å². The summed E-state index contributed by atoms with van der Waals surface area (Å²) < 4.78 is 1.67. The largest absolute Gasteiger partial charge is 0.368 e. The zero-order valence-electron chi connectivity index (χ0n) is 11.6. The van der Waals surface area contributed by atoms with E-state index in [0.717, 1.165) is 14.5 Å². The van der Waals surface area contributed by atoms with Crippen molar-refractivity contribution in [2.75, 3.05) is 0 Å². The van der Waals surface area contributed by atoms with Gasteiger partial charge < -0.3 is 11.1 Å². The van der Waals surface area contributed by atoms with Crippen molar-refractivity contribution < 1.29 is 9.59 Å². The summed E-state index contributed by atoms with van der Waals surface area (Å²) in [5, 5.41) is 2.68. The van der Waals surface area contributed by atoms with Crippen LogP contribution in [0.1, 0.15) is 15.9 Å². The third kappa shape index (κ3) is 4.42. The Morgan fingerprint density at radius 2 is 1.82 bits per heavy atom. The zero-order chi connectivity index (χ0) is 16.1. The Hall–Kier alpha value is -1.66. The summed E-state index contributed by atoms with van der Waals surface area (Å²) in [7, 11) is 0. The van der Waals surface area contributed by atoms with Gasteiger partial charge in [0, 0.05) is 20.9 Å². The van der Waals surface area contributed by atoms with Crippen LogP contribution >= 0.6 is 31.9 Å². The molecule has 0 saturated heterocycles.